The van der Waals surface area contributed by atoms with E-state index in [1.54, 1.807) is 12.4 Å². The molecule has 2 heterocycles. The van der Waals surface area contributed by atoms with Crippen molar-refractivity contribution in [2.24, 2.45) is 0 Å². The van der Waals surface area contributed by atoms with E-state index in [0.29, 0.717) is 12.2 Å². The molecule has 0 bridgehead atoms. The lowest BCUT2D eigenvalue weighted by Gasteiger charge is -2.05. The molecule has 0 spiro atoms. The fourth-order valence-corrected chi connectivity index (χ4v) is 1.92. The monoisotopic (exact) mass is 243 g/mol. The van der Waals surface area contributed by atoms with Gasteiger partial charge in [-0.25, -0.2) is 0 Å². The topological polar surface area (TPSA) is 46.9 Å². The average Bonchev–Trinajstić information content (AvgIpc) is 2.84. The highest BCUT2D eigenvalue weighted by atomic mass is 16.1. The second-order valence-corrected chi connectivity index (χ2v) is 4.00. The third-order valence-corrected chi connectivity index (χ3v) is 2.82. The van der Waals surface area contributed by atoms with Crippen LogP contribution in [0.4, 0.5) is 0 Å². The molecule has 0 saturated heterocycles. The van der Waals surface area contributed by atoms with Gasteiger partial charge in [-0.05, 0) is 37.6 Å². The molecular formula is C14H17N3O. The summed E-state index contributed by atoms with van der Waals surface area (Å²) >= 11 is 0. The number of hydrogen-bond acceptors (Lipinski definition) is 2. The minimum atomic E-state index is -0.0281. The highest BCUT2D eigenvalue weighted by molar-refractivity contribution is 5.94. The molecule has 0 aliphatic heterocycles. The predicted molar refractivity (Wildman–Crippen MR) is 71.3 cm³/mol. The highest BCUT2D eigenvalue weighted by Crippen LogP contribution is 2.21. The van der Waals surface area contributed by atoms with Gasteiger partial charge in [-0.3, -0.25) is 9.78 Å². The standard InChI is InChI=1S/C14H17N3O/c1-3-16-14(18)13-9-12(10-17(13)4-2)11-5-7-15-8-6-11/h5-10H,3-4H2,1-2H3,(H,16,18). The molecule has 0 fully saturated rings. The molecule has 94 valence electrons. The van der Waals surface area contributed by atoms with E-state index >= 15 is 0 Å². The van der Waals surface area contributed by atoms with E-state index in [9.17, 15) is 4.79 Å². The van der Waals surface area contributed by atoms with Crippen LogP contribution < -0.4 is 5.32 Å². The van der Waals surface area contributed by atoms with Crippen molar-refractivity contribution >= 4 is 5.91 Å². The molecule has 0 saturated carbocycles. The van der Waals surface area contributed by atoms with Crippen molar-refractivity contribution in [2.75, 3.05) is 6.54 Å². The third kappa shape index (κ3) is 2.42. The van der Waals surface area contributed by atoms with Crippen LogP contribution in [0.1, 0.15) is 24.3 Å². The summed E-state index contributed by atoms with van der Waals surface area (Å²) in [6.45, 7) is 5.36. The number of carbonyl (C=O) groups is 1. The van der Waals surface area contributed by atoms with Gasteiger partial charge in [0.2, 0.25) is 0 Å². The lowest BCUT2D eigenvalue weighted by Crippen LogP contribution is -2.25. The second kappa shape index (κ2) is 5.49. The van der Waals surface area contributed by atoms with Crippen LogP contribution in [0, 0.1) is 0 Å². The van der Waals surface area contributed by atoms with Crippen LogP contribution >= 0.6 is 0 Å². The van der Waals surface area contributed by atoms with Crippen molar-refractivity contribution in [3.05, 3.63) is 42.5 Å². The Balaban J connectivity index is 2.38. The van der Waals surface area contributed by atoms with E-state index in [2.05, 4.69) is 10.3 Å². The number of nitrogens with one attached hydrogen (secondary N) is 1. The van der Waals surface area contributed by atoms with Gasteiger partial charge < -0.3 is 9.88 Å². The van der Waals surface area contributed by atoms with Gasteiger partial charge >= 0.3 is 0 Å². The van der Waals surface area contributed by atoms with Gasteiger partial charge in [0.1, 0.15) is 5.69 Å². The molecule has 2 aromatic heterocycles. The molecule has 0 unspecified atom stereocenters. The molecule has 2 aromatic rings. The van der Waals surface area contributed by atoms with Crippen molar-refractivity contribution in [2.45, 2.75) is 20.4 Å². The summed E-state index contributed by atoms with van der Waals surface area (Å²) in [5.41, 5.74) is 2.81. The van der Waals surface area contributed by atoms with E-state index in [1.807, 2.05) is 42.8 Å². The first kappa shape index (κ1) is 12.4. The predicted octanol–water partition coefficient (Wildman–Crippen LogP) is 2.32. The van der Waals surface area contributed by atoms with Crippen molar-refractivity contribution in [3.8, 4) is 11.1 Å². The van der Waals surface area contributed by atoms with Crippen LogP contribution in [0.25, 0.3) is 11.1 Å². The summed E-state index contributed by atoms with van der Waals surface area (Å²) in [5, 5.41) is 2.83. The van der Waals surface area contributed by atoms with Gasteiger partial charge in [0, 0.05) is 37.2 Å². The Bertz CT molecular complexity index is 531. The minimum absolute atomic E-state index is 0.0281. The van der Waals surface area contributed by atoms with Gasteiger partial charge in [0.25, 0.3) is 5.91 Å². The van der Waals surface area contributed by atoms with E-state index in [0.717, 1.165) is 17.7 Å². The van der Waals surface area contributed by atoms with Crippen molar-refractivity contribution in [1.82, 2.24) is 14.9 Å². The molecule has 0 atom stereocenters. The first-order valence-electron chi connectivity index (χ1n) is 6.15. The fraction of sp³-hybridized carbons (Fsp3) is 0.286. The van der Waals surface area contributed by atoms with E-state index < -0.39 is 0 Å². The lowest BCUT2D eigenvalue weighted by molar-refractivity contribution is 0.0946. The van der Waals surface area contributed by atoms with Gasteiger partial charge in [0.15, 0.2) is 0 Å². The van der Waals surface area contributed by atoms with Crippen LogP contribution in [0.2, 0.25) is 0 Å². The zero-order valence-electron chi connectivity index (χ0n) is 10.7. The van der Waals surface area contributed by atoms with Gasteiger partial charge in [-0.2, -0.15) is 0 Å². The van der Waals surface area contributed by atoms with E-state index in [4.69, 9.17) is 0 Å². The summed E-state index contributed by atoms with van der Waals surface area (Å²) < 4.78 is 1.96. The molecule has 1 amide bonds. The number of aromatic nitrogens is 2. The Morgan fingerprint density at radius 3 is 2.61 bits per heavy atom. The zero-order valence-corrected chi connectivity index (χ0v) is 10.7. The molecule has 4 nitrogen and oxygen atoms in total. The normalized spacial score (nSPS) is 10.3. The maximum Gasteiger partial charge on any atom is 0.267 e. The van der Waals surface area contributed by atoms with Crippen molar-refractivity contribution < 1.29 is 4.79 Å². The number of aryl methyl sites for hydroxylation is 1. The number of hydrogen-bond donors (Lipinski definition) is 1. The van der Waals surface area contributed by atoms with Crippen molar-refractivity contribution in [3.63, 3.8) is 0 Å². The molecule has 2 rings (SSSR count). The highest BCUT2D eigenvalue weighted by Gasteiger charge is 2.12. The Morgan fingerprint density at radius 1 is 1.28 bits per heavy atom. The molecule has 0 aliphatic carbocycles. The average molecular weight is 243 g/mol. The summed E-state index contributed by atoms with van der Waals surface area (Å²) in [4.78, 5) is 15.9. The molecule has 4 heteroatoms. The molecule has 0 aromatic carbocycles. The van der Waals surface area contributed by atoms with Gasteiger partial charge in [0.05, 0.1) is 0 Å². The van der Waals surface area contributed by atoms with E-state index in [-0.39, 0.29) is 5.91 Å². The number of amides is 1. The zero-order chi connectivity index (χ0) is 13.0. The van der Waals surface area contributed by atoms with Gasteiger partial charge in [-0.1, -0.05) is 0 Å². The van der Waals surface area contributed by atoms with Crippen LogP contribution in [0.3, 0.4) is 0 Å². The number of carbonyl (C=O) groups excluding carboxylic acids is 1. The maximum absolute atomic E-state index is 11.9. The Hall–Kier alpha value is -2.10. The van der Waals surface area contributed by atoms with Crippen LogP contribution in [-0.4, -0.2) is 22.0 Å². The minimum Gasteiger partial charge on any atom is -0.351 e. The maximum atomic E-state index is 11.9. The SMILES string of the molecule is CCNC(=O)c1cc(-c2ccncc2)cn1CC. The Kier molecular flexibility index (Phi) is 3.77. The lowest BCUT2D eigenvalue weighted by atomic mass is 10.1. The quantitative estimate of drug-likeness (QED) is 0.895. The molecule has 1 N–H and O–H groups in total. The van der Waals surface area contributed by atoms with Crippen LogP contribution in [0.15, 0.2) is 36.8 Å². The van der Waals surface area contributed by atoms with E-state index in [1.165, 1.54) is 0 Å². The number of pyridine rings is 1. The van der Waals surface area contributed by atoms with Crippen LogP contribution in [0.5, 0.6) is 0 Å². The first-order chi connectivity index (χ1) is 8.76. The molecule has 0 aliphatic rings. The second-order valence-electron chi connectivity index (χ2n) is 4.00. The summed E-state index contributed by atoms with van der Waals surface area (Å²) in [7, 11) is 0. The fourth-order valence-electron chi connectivity index (χ4n) is 1.92. The smallest absolute Gasteiger partial charge is 0.267 e. The summed E-state index contributed by atoms with van der Waals surface area (Å²) in [6, 6.07) is 5.80. The Labute approximate surface area is 107 Å². The summed E-state index contributed by atoms with van der Waals surface area (Å²) in [6.07, 6.45) is 5.51. The van der Waals surface area contributed by atoms with Crippen molar-refractivity contribution in [1.29, 1.82) is 0 Å². The number of nitrogens with zero attached hydrogens (tertiary/aromatic N) is 2. The molecule has 18 heavy (non-hydrogen) atoms. The third-order valence-electron chi connectivity index (χ3n) is 2.82. The van der Waals surface area contributed by atoms with Crippen LogP contribution in [-0.2, 0) is 6.54 Å². The summed E-state index contributed by atoms with van der Waals surface area (Å²) in [5.74, 6) is -0.0281. The largest absolute Gasteiger partial charge is 0.351 e. The molecule has 0 radical (unpaired) electrons. The first-order valence-corrected chi connectivity index (χ1v) is 6.15. The molecular weight excluding hydrogens is 226 g/mol. The van der Waals surface area contributed by atoms with Gasteiger partial charge in [-0.15, -0.1) is 0 Å². The Morgan fingerprint density at radius 2 is 2.00 bits per heavy atom. The number of rotatable bonds is 4.